The molecule has 1 aliphatic heterocycles. The topological polar surface area (TPSA) is 41.1 Å². The van der Waals surface area contributed by atoms with Crippen LogP contribution in [0.3, 0.4) is 0 Å². The first-order chi connectivity index (χ1) is 7.64. The first-order valence-electron chi connectivity index (χ1n) is 6.28. The van der Waals surface area contributed by atoms with Crippen molar-refractivity contribution in [3.63, 3.8) is 0 Å². The van der Waals surface area contributed by atoms with E-state index in [1.165, 1.54) is 38.5 Å². The minimum absolute atomic E-state index is 0.102. The van der Waals surface area contributed by atoms with Crippen molar-refractivity contribution in [1.82, 2.24) is 10.6 Å². The average Bonchev–Trinajstić information content (AvgIpc) is 2.80. The van der Waals surface area contributed by atoms with Crippen LogP contribution >= 0.6 is 12.2 Å². The molecule has 2 N–H and O–H groups in total. The van der Waals surface area contributed by atoms with Crippen LogP contribution in [-0.2, 0) is 4.79 Å². The van der Waals surface area contributed by atoms with Gasteiger partial charge in [-0.25, -0.2) is 0 Å². The van der Waals surface area contributed by atoms with Crippen LogP contribution in [0.5, 0.6) is 0 Å². The summed E-state index contributed by atoms with van der Waals surface area (Å²) in [6, 6.07) is 0. The lowest BCUT2D eigenvalue weighted by molar-refractivity contribution is -0.126. The smallest absolute Gasteiger partial charge is 0.251 e. The Hall–Kier alpha value is -0.640. The maximum atomic E-state index is 11.9. The highest BCUT2D eigenvalue weighted by Gasteiger charge is 2.50. The number of nitrogens with one attached hydrogen (secondary N) is 2. The van der Waals surface area contributed by atoms with Crippen LogP contribution in [0, 0.1) is 5.41 Å². The Bertz CT molecular complexity index is 337. The van der Waals surface area contributed by atoms with E-state index in [2.05, 4.69) is 10.6 Å². The van der Waals surface area contributed by atoms with Crippen molar-refractivity contribution in [2.24, 2.45) is 5.41 Å². The normalized spacial score (nSPS) is 30.8. The zero-order chi connectivity index (χ0) is 11.2. The fourth-order valence-electron chi connectivity index (χ4n) is 3.71. The van der Waals surface area contributed by atoms with E-state index in [0.29, 0.717) is 10.5 Å². The van der Waals surface area contributed by atoms with E-state index in [1.807, 2.05) is 0 Å². The van der Waals surface area contributed by atoms with E-state index in [4.69, 9.17) is 12.2 Å². The number of rotatable bonds is 0. The maximum Gasteiger partial charge on any atom is 0.251 e. The molecule has 1 saturated heterocycles. The summed E-state index contributed by atoms with van der Waals surface area (Å²) in [5.74, 6) is 0.102. The summed E-state index contributed by atoms with van der Waals surface area (Å²) in [5, 5.41) is 6.45. The van der Waals surface area contributed by atoms with E-state index in [-0.39, 0.29) is 11.4 Å². The van der Waals surface area contributed by atoms with E-state index < -0.39 is 0 Å². The lowest BCUT2D eigenvalue weighted by atomic mass is 9.66. The Balaban J connectivity index is 1.74. The average molecular weight is 238 g/mol. The molecule has 0 atom stereocenters. The highest BCUT2D eigenvalue weighted by atomic mass is 32.1. The van der Waals surface area contributed by atoms with Crippen LogP contribution in [0.4, 0.5) is 0 Å². The Morgan fingerprint density at radius 1 is 1.00 bits per heavy atom. The van der Waals surface area contributed by atoms with Gasteiger partial charge in [-0.2, -0.15) is 0 Å². The van der Waals surface area contributed by atoms with Crippen molar-refractivity contribution in [1.29, 1.82) is 0 Å². The fourth-order valence-corrected chi connectivity index (χ4v) is 4.00. The Labute approximate surface area is 101 Å². The van der Waals surface area contributed by atoms with E-state index in [9.17, 15) is 4.79 Å². The third kappa shape index (κ3) is 1.46. The largest absolute Gasteiger partial charge is 0.348 e. The van der Waals surface area contributed by atoms with Gasteiger partial charge in [-0.3, -0.25) is 4.79 Å². The second-order valence-electron chi connectivity index (χ2n) is 5.70. The fraction of sp³-hybridized carbons (Fsp3) is 0.833. The van der Waals surface area contributed by atoms with Gasteiger partial charge in [0.05, 0.1) is 0 Å². The highest BCUT2D eigenvalue weighted by molar-refractivity contribution is 7.80. The number of hydrogen-bond acceptors (Lipinski definition) is 2. The van der Waals surface area contributed by atoms with Gasteiger partial charge in [0, 0.05) is 0 Å². The molecule has 3 rings (SSSR count). The lowest BCUT2D eigenvalue weighted by Gasteiger charge is -2.41. The second kappa shape index (κ2) is 3.42. The third-order valence-electron chi connectivity index (χ3n) is 4.84. The molecule has 0 unspecified atom stereocenters. The van der Waals surface area contributed by atoms with Crippen LogP contribution in [0.25, 0.3) is 0 Å². The molecule has 16 heavy (non-hydrogen) atoms. The van der Waals surface area contributed by atoms with E-state index in [1.54, 1.807) is 0 Å². The van der Waals surface area contributed by atoms with Crippen LogP contribution in [-0.4, -0.2) is 16.6 Å². The summed E-state index contributed by atoms with van der Waals surface area (Å²) in [4.78, 5) is 11.9. The van der Waals surface area contributed by atoms with Crippen molar-refractivity contribution in [3.05, 3.63) is 0 Å². The van der Waals surface area contributed by atoms with Crippen molar-refractivity contribution in [3.8, 4) is 0 Å². The van der Waals surface area contributed by atoms with Gasteiger partial charge in [0.2, 0.25) is 0 Å². The van der Waals surface area contributed by atoms with Crippen LogP contribution < -0.4 is 10.6 Å². The highest BCUT2D eigenvalue weighted by Crippen LogP contribution is 2.51. The molecule has 0 radical (unpaired) electrons. The minimum Gasteiger partial charge on any atom is -0.348 e. The summed E-state index contributed by atoms with van der Waals surface area (Å²) in [6.45, 7) is 0. The molecule has 3 aliphatic rings. The molecule has 0 aromatic carbocycles. The summed E-state index contributed by atoms with van der Waals surface area (Å²) in [6.07, 6.45) is 9.80. The number of thiocarbonyl (C=S) groups is 1. The standard InChI is InChI=1S/C12H18N2OS/c15-9-12(14-10(16)13-9)7-5-11(6-8-12)3-1-2-4-11/h1-8H2,(H2,13,14,15,16). The van der Waals surface area contributed by atoms with Gasteiger partial charge >= 0.3 is 0 Å². The molecule has 4 heteroatoms. The first kappa shape index (κ1) is 10.5. The predicted octanol–water partition coefficient (Wildman–Crippen LogP) is 1.86. The third-order valence-corrected chi connectivity index (χ3v) is 5.05. The van der Waals surface area contributed by atoms with E-state index >= 15 is 0 Å². The minimum atomic E-state index is -0.356. The predicted molar refractivity (Wildman–Crippen MR) is 66.0 cm³/mol. The van der Waals surface area contributed by atoms with Gasteiger partial charge in [-0.1, -0.05) is 12.8 Å². The van der Waals surface area contributed by atoms with Crippen LogP contribution in [0.1, 0.15) is 51.4 Å². The molecular weight excluding hydrogens is 220 g/mol. The number of carbonyl (C=O) groups excluding carboxylic acids is 1. The summed E-state index contributed by atoms with van der Waals surface area (Å²) >= 11 is 5.03. The number of amides is 1. The number of hydrogen-bond donors (Lipinski definition) is 2. The van der Waals surface area contributed by atoms with Gasteiger partial charge in [0.25, 0.3) is 5.91 Å². The molecule has 88 valence electrons. The molecule has 2 saturated carbocycles. The molecule has 3 fully saturated rings. The summed E-state index contributed by atoms with van der Waals surface area (Å²) < 4.78 is 0. The molecule has 0 aromatic heterocycles. The zero-order valence-electron chi connectivity index (χ0n) is 9.47. The van der Waals surface area contributed by atoms with Gasteiger partial charge < -0.3 is 10.6 Å². The maximum absolute atomic E-state index is 11.9. The molecule has 3 nitrogen and oxygen atoms in total. The summed E-state index contributed by atoms with van der Waals surface area (Å²) in [5.41, 5.74) is 0.211. The SMILES string of the molecule is O=C1NC(=S)NC12CCC1(CCCC1)CC2. The van der Waals surface area contributed by atoms with Crippen molar-refractivity contribution >= 4 is 23.2 Å². The van der Waals surface area contributed by atoms with Gasteiger partial charge in [0.1, 0.15) is 5.54 Å². The summed E-state index contributed by atoms with van der Waals surface area (Å²) in [7, 11) is 0. The quantitative estimate of drug-likeness (QED) is 0.633. The monoisotopic (exact) mass is 238 g/mol. The molecular formula is C12H18N2OS. The van der Waals surface area contributed by atoms with Crippen molar-refractivity contribution < 1.29 is 4.79 Å². The first-order valence-corrected chi connectivity index (χ1v) is 6.69. The van der Waals surface area contributed by atoms with Gasteiger partial charge in [-0.15, -0.1) is 0 Å². The lowest BCUT2D eigenvalue weighted by Crippen LogP contribution is -2.51. The zero-order valence-corrected chi connectivity index (χ0v) is 10.3. The van der Waals surface area contributed by atoms with Gasteiger partial charge in [0.15, 0.2) is 5.11 Å². The van der Waals surface area contributed by atoms with Crippen molar-refractivity contribution in [2.75, 3.05) is 0 Å². The van der Waals surface area contributed by atoms with E-state index in [0.717, 1.165) is 12.8 Å². The molecule has 2 spiro atoms. The van der Waals surface area contributed by atoms with Crippen LogP contribution in [0.15, 0.2) is 0 Å². The Kier molecular flexibility index (Phi) is 2.25. The molecule has 1 amide bonds. The Morgan fingerprint density at radius 3 is 2.12 bits per heavy atom. The molecule has 2 aliphatic carbocycles. The van der Waals surface area contributed by atoms with Crippen molar-refractivity contribution in [2.45, 2.75) is 56.9 Å². The molecule has 0 aromatic rings. The van der Waals surface area contributed by atoms with Gasteiger partial charge in [-0.05, 0) is 56.2 Å². The second-order valence-corrected chi connectivity index (χ2v) is 6.11. The van der Waals surface area contributed by atoms with Crippen LogP contribution in [0.2, 0.25) is 0 Å². The Morgan fingerprint density at radius 2 is 1.62 bits per heavy atom. The number of carbonyl (C=O) groups is 1. The molecule has 1 heterocycles. The molecule has 0 bridgehead atoms.